The lowest BCUT2D eigenvalue weighted by Crippen LogP contribution is -2.31. The molecule has 0 spiro atoms. The van der Waals surface area contributed by atoms with Gasteiger partial charge in [-0.3, -0.25) is 4.79 Å². The fraction of sp³-hybridized carbons (Fsp3) is 0.333. The number of H-pyrrole nitrogens is 1. The first-order chi connectivity index (χ1) is 15.7. The van der Waals surface area contributed by atoms with Crippen molar-refractivity contribution in [2.45, 2.75) is 42.9 Å². The maximum Gasteiger partial charge on any atom is 0.528 e. The number of nitrogens with zero attached hydrogens (tertiary/aromatic N) is 1. The molecule has 2 aliphatic heterocycles. The van der Waals surface area contributed by atoms with Gasteiger partial charge < -0.3 is 19.9 Å². The first kappa shape index (κ1) is 21.8. The molecule has 33 heavy (non-hydrogen) atoms. The van der Waals surface area contributed by atoms with Gasteiger partial charge in [0.05, 0.1) is 5.56 Å². The molecule has 1 saturated heterocycles. The van der Waals surface area contributed by atoms with E-state index >= 15 is 4.39 Å². The standard InChI is InChI=1S/C24H24FN3O4S/c1-24(2,3)31-23(30)32-28-10-8-13(12-28)33-18-11-14(16-5-4-9-26-16)19-21-17(27-22(19)29)7-6-15(25)20(18)21/h4-7,9,11,13,26H,8,10,12H2,1-3H3,(H,27,29)/t13-/m0/s1. The van der Waals surface area contributed by atoms with Crippen molar-refractivity contribution >= 4 is 40.3 Å². The van der Waals surface area contributed by atoms with Crippen LogP contribution in [0.4, 0.5) is 14.9 Å². The summed E-state index contributed by atoms with van der Waals surface area (Å²) < 4.78 is 20.3. The number of aromatic amines is 1. The second-order valence-corrected chi connectivity index (χ2v) is 10.5. The second kappa shape index (κ2) is 8.07. The van der Waals surface area contributed by atoms with Crippen LogP contribution in [-0.2, 0) is 9.57 Å². The van der Waals surface area contributed by atoms with Crippen LogP contribution in [0.1, 0.15) is 37.6 Å². The van der Waals surface area contributed by atoms with Gasteiger partial charge in [0, 0.05) is 57.1 Å². The SMILES string of the molecule is CC(C)(C)OC(=O)ON1CC[C@H](Sc2cc(-c3ccc[nH]3)c3c4c(ccc(F)c24)NC3=O)C1. The van der Waals surface area contributed by atoms with Gasteiger partial charge in [0.2, 0.25) is 0 Å². The molecule has 2 N–H and O–H groups in total. The van der Waals surface area contributed by atoms with E-state index in [1.165, 1.54) is 17.8 Å². The molecule has 1 fully saturated rings. The molecule has 0 bridgehead atoms. The number of halogens is 1. The molecule has 0 aliphatic carbocycles. The molecule has 0 saturated carbocycles. The molecule has 1 amide bonds. The molecular weight excluding hydrogens is 445 g/mol. The molecule has 9 heteroatoms. The number of thioether (sulfide) groups is 1. The molecule has 0 radical (unpaired) electrons. The van der Waals surface area contributed by atoms with Crippen molar-refractivity contribution in [2.75, 3.05) is 18.4 Å². The summed E-state index contributed by atoms with van der Waals surface area (Å²) in [5, 5.41) is 5.56. The number of anilines is 1. The van der Waals surface area contributed by atoms with E-state index in [4.69, 9.17) is 9.57 Å². The zero-order valence-corrected chi connectivity index (χ0v) is 19.3. The van der Waals surface area contributed by atoms with E-state index in [1.807, 2.05) is 18.2 Å². The molecular formula is C24H24FN3O4S. The highest BCUT2D eigenvalue weighted by molar-refractivity contribution is 8.00. The Morgan fingerprint density at radius 3 is 2.79 bits per heavy atom. The average Bonchev–Trinajstić information content (AvgIpc) is 3.45. The maximum atomic E-state index is 15.1. The van der Waals surface area contributed by atoms with E-state index in [9.17, 15) is 9.59 Å². The van der Waals surface area contributed by atoms with E-state index < -0.39 is 11.8 Å². The van der Waals surface area contributed by atoms with Crippen LogP contribution in [0.25, 0.3) is 22.0 Å². The van der Waals surface area contributed by atoms with Crippen LogP contribution < -0.4 is 5.32 Å². The molecule has 2 aliphatic rings. The van der Waals surface area contributed by atoms with Gasteiger partial charge >= 0.3 is 6.16 Å². The quantitative estimate of drug-likeness (QED) is 0.486. The minimum Gasteiger partial charge on any atom is -0.427 e. The smallest absolute Gasteiger partial charge is 0.427 e. The van der Waals surface area contributed by atoms with Crippen molar-refractivity contribution in [3.8, 4) is 11.3 Å². The summed E-state index contributed by atoms with van der Waals surface area (Å²) >= 11 is 1.53. The summed E-state index contributed by atoms with van der Waals surface area (Å²) in [4.78, 5) is 34.0. The number of hydrogen-bond donors (Lipinski definition) is 2. The zero-order chi connectivity index (χ0) is 23.3. The van der Waals surface area contributed by atoms with Crippen LogP contribution in [0.2, 0.25) is 0 Å². The first-order valence-electron chi connectivity index (χ1n) is 10.8. The lowest BCUT2D eigenvalue weighted by Gasteiger charge is -2.21. The molecule has 2 aromatic carbocycles. The number of rotatable bonds is 4. The van der Waals surface area contributed by atoms with Crippen molar-refractivity contribution in [3.63, 3.8) is 0 Å². The molecule has 7 nitrogen and oxygen atoms in total. The number of ether oxygens (including phenoxy) is 1. The summed E-state index contributed by atoms with van der Waals surface area (Å²) in [6, 6.07) is 8.62. The number of hydroxylamine groups is 2. The summed E-state index contributed by atoms with van der Waals surface area (Å²) in [5.41, 5.74) is 1.99. The van der Waals surface area contributed by atoms with Crippen LogP contribution in [0, 0.1) is 5.82 Å². The highest BCUT2D eigenvalue weighted by Gasteiger charge is 2.32. The van der Waals surface area contributed by atoms with Gasteiger partial charge in [-0.25, -0.2) is 9.18 Å². The first-order valence-corrected chi connectivity index (χ1v) is 11.6. The number of hydrogen-bond acceptors (Lipinski definition) is 6. The number of amides is 1. The summed E-state index contributed by atoms with van der Waals surface area (Å²) in [6.45, 7) is 6.39. The molecule has 3 heterocycles. The lowest BCUT2D eigenvalue weighted by molar-refractivity contribution is -0.129. The topological polar surface area (TPSA) is 83.7 Å². The van der Waals surface area contributed by atoms with Crippen molar-refractivity contribution in [3.05, 3.63) is 47.9 Å². The third-order valence-electron chi connectivity index (χ3n) is 5.55. The van der Waals surface area contributed by atoms with Crippen molar-refractivity contribution < 1.29 is 23.6 Å². The van der Waals surface area contributed by atoms with Crippen molar-refractivity contribution in [1.29, 1.82) is 0 Å². The van der Waals surface area contributed by atoms with E-state index in [-0.39, 0.29) is 17.0 Å². The minimum absolute atomic E-state index is 0.0745. The predicted octanol–water partition coefficient (Wildman–Crippen LogP) is 5.57. The van der Waals surface area contributed by atoms with Gasteiger partial charge in [-0.05, 0) is 57.5 Å². The van der Waals surface area contributed by atoms with Crippen LogP contribution in [0.3, 0.4) is 0 Å². The minimum atomic E-state index is -0.733. The van der Waals surface area contributed by atoms with Crippen LogP contribution in [0.15, 0.2) is 41.4 Å². The van der Waals surface area contributed by atoms with Crippen molar-refractivity contribution in [2.24, 2.45) is 0 Å². The fourth-order valence-corrected chi connectivity index (χ4v) is 5.57. The van der Waals surface area contributed by atoms with E-state index in [2.05, 4.69) is 10.3 Å². The fourth-order valence-electron chi connectivity index (χ4n) is 4.25. The van der Waals surface area contributed by atoms with Gasteiger partial charge in [-0.15, -0.1) is 16.8 Å². The molecule has 3 aromatic rings. The zero-order valence-electron chi connectivity index (χ0n) is 18.5. The van der Waals surface area contributed by atoms with Gasteiger partial charge in [0.15, 0.2) is 0 Å². The summed E-state index contributed by atoms with van der Waals surface area (Å²) in [5.74, 6) is -0.605. The largest absolute Gasteiger partial charge is 0.528 e. The van der Waals surface area contributed by atoms with Gasteiger partial charge in [-0.1, -0.05) is 0 Å². The highest BCUT2D eigenvalue weighted by Crippen LogP contribution is 2.46. The van der Waals surface area contributed by atoms with Crippen molar-refractivity contribution in [1.82, 2.24) is 10.0 Å². The molecule has 0 unspecified atom stereocenters. The monoisotopic (exact) mass is 469 g/mol. The Balaban J connectivity index is 1.46. The molecule has 172 valence electrons. The molecule has 5 rings (SSSR count). The number of carbonyl (C=O) groups is 2. The Morgan fingerprint density at radius 2 is 2.06 bits per heavy atom. The van der Waals surface area contributed by atoms with Crippen LogP contribution in [0.5, 0.6) is 0 Å². The second-order valence-electron chi connectivity index (χ2n) is 9.15. The Kier molecular flexibility index (Phi) is 5.33. The van der Waals surface area contributed by atoms with E-state index in [0.29, 0.717) is 35.1 Å². The predicted molar refractivity (Wildman–Crippen MR) is 125 cm³/mol. The van der Waals surface area contributed by atoms with E-state index in [1.54, 1.807) is 38.1 Å². The van der Waals surface area contributed by atoms with Gasteiger partial charge in [0.25, 0.3) is 5.91 Å². The molecule has 1 atom stereocenters. The van der Waals surface area contributed by atoms with E-state index in [0.717, 1.165) is 22.6 Å². The van der Waals surface area contributed by atoms with Crippen LogP contribution >= 0.6 is 11.8 Å². The van der Waals surface area contributed by atoms with Crippen LogP contribution in [-0.4, -0.2) is 46.1 Å². The maximum absolute atomic E-state index is 15.1. The Bertz CT molecular complexity index is 1250. The average molecular weight is 470 g/mol. The Labute approximate surface area is 194 Å². The van der Waals surface area contributed by atoms with Gasteiger partial charge in [-0.2, -0.15) is 0 Å². The number of nitrogens with one attached hydrogen (secondary N) is 2. The Morgan fingerprint density at radius 1 is 1.24 bits per heavy atom. The Hall–Kier alpha value is -3.04. The summed E-state index contributed by atoms with van der Waals surface area (Å²) in [7, 11) is 0. The number of aromatic nitrogens is 1. The third kappa shape index (κ3) is 4.18. The summed E-state index contributed by atoms with van der Waals surface area (Å²) in [6.07, 6.45) is 1.82. The lowest BCUT2D eigenvalue weighted by atomic mass is 9.97. The third-order valence-corrected chi connectivity index (χ3v) is 6.85. The number of carbonyl (C=O) groups excluding carboxylic acids is 2. The highest BCUT2D eigenvalue weighted by atomic mass is 32.2. The number of benzene rings is 2. The molecule has 1 aromatic heterocycles. The normalized spacial score (nSPS) is 18.1. The van der Waals surface area contributed by atoms with Gasteiger partial charge in [0.1, 0.15) is 11.4 Å².